The number of benzene rings is 4. The Balaban J connectivity index is 1.41. The zero-order valence-electron chi connectivity index (χ0n) is 18.0. The predicted molar refractivity (Wildman–Crippen MR) is 129 cm³/mol. The molecule has 0 aliphatic heterocycles. The summed E-state index contributed by atoms with van der Waals surface area (Å²) in [5.74, 6) is -0.403. The Morgan fingerprint density at radius 2 is 1.52 bits per heavy atom. The summed E-state index contributed by atoms with van der Waals surface area (Å²) in [6.07, 6.45) is 1.57. The molecule has 0 bridgehead atoms. The van der Waals surface area contributed by atoms with Gasteiger partial charge in [0, 0.05) is 17.0 Å². The molecular weight excluding hydrogens is 412 g/mol. The van der Waals surface area contributed by atoms with Crippen molar-refractivity contribution < 1.29 is 13.9 Å². The van der Waals surface area contributed by atoms with Crippen LogP contribution in [0, 0.1) is 0 Å². The van der Waals surface area contributed by atoms with E-state index in [-0.39, 0.29) is 6.61 Å². The molecule has 4 nitrogen and oxygen atoms in total. The Morgan fingerprint density at radius 1 is 0.758 bits per heavy atom. The summed E-state index contributed by atoms with van der Waals surface area (Å²) < 4.78 is 11.1. The van der Waals surface area contributed by atoms with Crippen molar-refractivity contribution in [2.45, 2.75) is 19.4 Å². The third-order valence-electron chi connectivity index (χ3n) is 5.84. The summed E-state index contributed by atoms with van der Waals surface area (Å²) in [4.78, 5) is 25.1. The maximum Gasteiger partial charge on any atom is 0.338 e. The SMILES string of the molecule is O=C(OCc1cc(=O)oc2ccc3ccccc3c12)c1ccccc1CCc1ccccc1. The topological polar surface area (TPSA) is 56.5 Å². The molecule has 4 heteroatoms. The van der Waals surface area contributed by atoms with Crippen molar-refractivity contribution in [1.82, 2.24) is 0 Å². The number of rotatable bonds is 6. The van der Waals surface area contributed by atoms with Gasteiger partial charge in [0.2, 0.25) is 0 Å². The number of carbonyl (C=O) groups excluding carboxylic acids is 1. The molecule has 0 unspecified atom stereocenters. The first-order chi connectivity index (χ1) is 16.2. The Hall–Kier alpha value is -4.18. The summed E-state index contributed by atoms with van der Waals surface area (Å²) in [7, 11) is 0. The second-order valence-corrected chi connectivity index (χ2v) is 7.97. The molecular formula is C29H22O4. The minimum atomic E-state index is -0.466. The van der Waals surface area contributed by atoms with Gasteiger partial charge < -0.3 is 9.15 Å². The molecule has 0 aliphatic rings. The van der Waals surface area contributed by atoms with Gasteiger partial charge in [0.15, 0.2) is 0 Å². The van der Waals surface area contributed by atoms with Crippen molar-refractivity contribution >= 4 is 27.7 Å². The number of esters is 1. The Kier molecular flexibility index (Phi) is 5.73. The van der Waals surface area contributed by atoms with Gasteiger partial charge in [0.1, 0.15) is 12.2 Å². The molecule has 5 rings (SSSR count). The second-order valence-electron chi connectivity index (χ2n) is 7.97. The van der Waals surface area contributed by atoms with Crippen LogP contribution >= 0.6 is 0 Å². The van der Waals surface area contributed by atoms with Gasteiger partial charge in [-0.2, -0.15) is 0 Å². The number of hydrogen-bond acceptors (Lipinski definition) is 4. The highest BCUT2D eigenvalue weighted by Gasteiger charge is 2.15. The van der Waals surface area contributed by atoms with Crippen LogP contribution in [-0.2, 0) is 24.2 Å². The normalized spacial score (nSPS) is 11.0. The summed E-state index contributed by atoms with van der Waals surface area (Å²) in [5, 5.41) is 2.77. The molecule has 0 amide bonds. The molecule has 0 atom stereocenters. The van der Waals surface area contributed by atoms with Crippen molar-refractivity contribution in [1.29, 1.82) is 0 Å². The Morgan fingerprint density at radius 3 is 2.39 bits per heavy atom. The largest absolute Gasteiger partial charge is 0.457 e. The van der Waals surface area contributed by atoms with Crippen molar-refractivity contribution in [2.75, 3.05) is 0 Å². The fraction of sp³-hybridized carbons (Fsp3) is 0.103. The Bertz CT molecular complexity index is 1500. The predicted octanol–water partition coefficient (Wildman–Crippen LogP) is 6.09. The minimum absolute atomic E-state index is 0.0119. The Labute approximate surface area is 191 Å². The smallest absolute Gasteiger partial charge is 0.338 e. The fourth-order valence-corrected chi connectivity index (χ4v) is 4.22. The third kappa shape index (κ3) is 4.41. The van der Waals surface area contributed by atoms with E-state index in [2.05, 4.69) is 12.1 Å². The van der Waals surface area contributed by atoms with E-state index in [1.807, 2.05) is 66.7 Å². The molecule has 5 aromatic rings. The monoisotopic (exact) mass is 434 g/mol. The first-order valence-corrected chi connectivity index (χ1v) is 10.9. The number of ether oxygens (including phenoxy) is 1. The van der Waals surface area contributed by atoms with E-state index in [9.17, 15) is 9.59 Å². The molecule has 0 N–H and O–H groups in total. The standard InChI is InChI=1S/C29H22O4/c30-27-18-23(28-24-12-6-4-10-21(24)16-17-26(28)33-27)19-32-29(31)25-13-7-5-11-22(25)15-14-20-8-2-1-3-9-20/h1-13,16-18H,14-15,19H2. The number of hydrogen-bond donors (Lipinski definition) is 0. The van der Waals surface area contributed by atoms with Crippen LogP contribution in [-0.4, -0.2) is 5.97 Å². The van der Waals surface area contributed by atoms with E-state index in [0.717, 1.165) is 34.6 Å². The van der Waals surface area contributed by atoms with E-state index in [1.165, 1.54) is 11.6 Å². The van der Waals surface area contributed by atoms with Crippen molar-refractivity contribution in [2.24, 2.45) is 0 Å². The van der Waals surface area contributed by atoms with Gasteiger partial charge in [0.25, 0.3) is 0 Å². The molecule has 0 fully saturated rings. The van der Waals surface area contributed by atoms with Crippen LogP contribution in [0.4, 0.5) is 0 Å². The third-order valence-corrected chi connectivity index (χ3v) is 5.84. The molecule has 0 spiro atoms. The van der Waals surface area contributed by atoms with Crippen molar-refractivity contribution in [3.05, 3.63) is 130 Å². The van der Waals surface area contributed by atoms with Crippen molar-refractivity contribution in [3.63, 3.8) is 0 Å². The molecule has 162 valence electrons. The molecule has 1 heterocycles. The van der Waals surface area contributed by atoms with E-state index in [4.69, 9.17) is 9.15 Å². The van der Waals surface area contributed by atoms with Crippen LogP contribution in [0.1, 0.15) is 27.0 Å². The lowest BCUT2D eigenvalue weighted by molar-refractivity contribution is 0.0472. The number of carbonyl (C=O) groups is 1. The van der Waals surface area contributed by atoms with Crippen LogP contribution < -0.4 is 5.63 Å². The van der Waals surface area contributed by atoms with E-state index in [0.29, 0.717) is 16.7 Å². The zero-order chi connectivity index (χ0) is 22.6. The highest BCUT2D eigenvalue weighted by atomic mass is 16.5. The molecule has 0 aliphatic carbocycles. The lowest BCUT2D eigenvalue weighted by atomic mass is 10.00. The average molecular weight is 434 g/mol. The maximum atomic E-state index is 13.0. The summed E-state index contributed by atoms with van der Waals surface area (Å²) in [6, 6.07) is 30.7. The molecule has 0 saturated carbocycles. The van der Waals surface area contributed by atoms with Gasteiger partial charge in [-0.25, -0.2) is 9.59 Å². The summed E-state index contributed by atoms with van der Waals surface area (Å²) in [6.45, 7) is -0.0119. The van der Waals surface area contributed by atoms with Crippen LogP contribution in [0.15, 0.2) is 106 Å². The molecule has 0 saturated heterocycles. The van der Waals surface area contributed by atoms with Gasteiger partial charge in [-0.1, -0.05) is 78.9 Å². The quantitative estimate of drug-likeness (QED) is 0.184. The molecule has 1 aromatic heterocycles. The van der Waals surface area contributed by atoms with E-state index < -0.39 is 11.6 Å². The number of aryl methyl sites for hydroxylation is 2. The lowest BCUT2D eigenvalue weighted by Gasteiger charge is -2.12. The second kappa shape index (κ2) is 9.13. The van der Waals surface area contributed by atoms with Gasteiger partial charge in [-0.15, -0.1) is 0 Å². The van der Waals surface area contributed by atoms with Gasteiger partial charge in [0.05, 0.1) is 5.56 Å². The highest BCUT2D eigenvalue weighted by molar-refractivity contribution is 6.07. The van der Waals surface area contributed by atoms with E-state index >= 15 is 0 Å². The minimum Gasteiger partial charge on any atom is -0.457 e. The van der Waals surface area contributed by atoms with Crippen molar-refractivity contribution in [3.8, 4) is 0 Å². The van der Waals surface area contributed by atoms with Gasteiger partial charge in [-0.3, -0.25) is 0 Å². The summed E-state index contributed by atoms with van der Waals surface area (Å²) >= 11 is 0. The highest BCUT2D eigenvalue weighted by Crippen LogP contribution is 2.28. The maximum absolute atomic E-state index is 13.0. The van der Waals surface area contributed by atoms with E-state index in [1.54, 1.807) is 12.1 Å². The molecule has 4 aromatic carbocycles. The average Bonchev–Trinajstić information content (AvgIpc) is 2.86. The fourth-order valence-electron chi connectivity index (χ4n) is 4.22. The van der Waals surface area contributed by atoms with Crippen LogP contribution in [0.2, 0.25) is 0 Å². The van der Waals surface area contributed by atoms with Gasteiger partial charge in [-0.05, 0) is 46.9 Å². The van der Waals surface area contributed by atoms with Crippen LogP contribution in [0.5, 0.6) is 0 Å². The molecule has 0 radical (unpaired) electrons. The summed E-state index contributed by atoms with van der Waals surface area (Å²) in [5.41, 5.74) is 3.35. The first-order valence-electron chi connectivity index (χ1n) is 10.9. The molecule has 33 heavy (non-hydrogen) atoms. The van der Waals surface area contributed by atoms with Gasteiger partial charge >= 0.3 is 11.6 Å². The van der Waals surface area contributed by atoms with Crippen LogP contribution in [0.25, 0.3) is 21.7 Å². The first kappa shape index (κ1) is 20.7. The lowest BCUT2D eigenvalue weighted by Crippen LogP contribution is -2.10. The van der Waals surface area contributed by atoms with Crippen LogP contribution in [0.3, 0.4) is 0 Å². The number of fused-ring (bicyclic) bond motifs is 3. The zero-order valence-corrected chi connectivity index (χ0v) is 18.0.